The van der Waals surface area contributed by atoms with E-state index in [1.807, 2.05) is 0 Å². The first kappa shape index (κ1) is 16.7. The van der Waals surface area contributed by atoms with Gasteiger partial charge in [-0.3, -0.25) is 4.79 Å². The van der Waals surface area contributed by atoms with Crippen LogP contribution in [0, 0.1) is 0 Å². The predicted octanol–water partition coefficient (Wildman–Crippen LogP) is 0.821. The van der Waals surface area contributed by atoms with Gasteiger partial charge >= 0.3 is 0 Å². The molecule has 0 saturated heterocycles. The van der Waals surface area contributed by atoms with Crippen molar-refractivity contribution in [3.8, 4) is 5.75 Å². The number of para-hydroxylation sites is 1. The molecule has 120 valence electrons. The van der Waals surface area contributed by atoms with Gasteiger partial charge in [-0.25, -0.2) is 18.6 Å². The number of sulfonamides is 1. The lowest BCUT2D eigenvalue weighted by molar-refractivity contribution is -0.119. The number of carbonyl (C=O) groups excluding carboxylic acids is 1. The molecule has 7 nitrogen and oxygen atoms in total. The first-order valence-electron chi connectivity index (χ1n) is 6.63. The van der Waals surface area contributed by atoms with Crippen molar-refractivity contribution in [2.75, 3.05) is 6.54 Å². The molecule has 0 heterocycles. The Bertz CT molecular complexity index is 804. The van der Waals surface area contributed by atoms with Crippen LogP contribution in [0.2, 0.25) is 0 Å². The number of hydrazone groups is 1. The number of aromatic hydroxyl groups is 1. The summed E-state index contributed by atoms with van der Waals surface area (Å²) < 4.78 is 26.0. The van der Waals surface area contributed by atoms with Crippen LogP contribution in [0.3, 0.4) is 0 Å². The highest BCUT2D eigenvalue weighted by Gasteiger charge is 2.14. The molecule has 0 radical (unpaired) electrons. The minimum atomic E-state index is -3.74. The van der Waals surface area contributed by atoms with Crippen LogP contribution in [-0.4, -0.2) is 32.2 Å². The lowest BCUT2D eigenvalue weighted by Gasteiger charge is -2.05. The fraction of sp³-hybridized carbons (Fsp3) is 0.0667. The maximum Gasteiger partial charge on any atom is 0.255 e. The summed E-state index contributed by atoms with van der Waals surface area (Å²) in [5.41, 5.74) is 2.60. The Labute approximate surface area is 133 Å². The van der Waals surface area contributed by atoms with Crippen molar-refractivity contribution in [2.24, 2.45) is 5.10 Å². The summed E-state index contributed by atoms with van der Waals surface area (Å²) in [6.45, 7) is -0.449. The molecule has 8 heteroatoms. The van der Waals surface area contributed by atoms with Gasteiger partial charge in [0.1, 0.15) is 5.75 Å². The van der Waals surface area contributed by atoms with E-state index in [-0.39, 0.29) is 10.6 Å². The van der Waals surface area contributed by atoms with Gasteiger partial charge in [0.2, 0.25) is 10.0 Å². The van der Waals surface area contributed by atoms with Gasteiger partial charge in [0.05, 0.1) is 17.7 Å². The molecular formula is C15H15N3O4S. The molecule has 0 unspecified atom stereocenters. The van der Waals surface area contributed by atoms with Crippen molar-refractivity contribution in [3.05, 3.63) is 60.2 Å². The van der Waals surface area contributed by atoms with Crippen LogP contribution < -0.4 is 10.1 Å². The number of rotatable bonds is 6. The van der Waals surface area contributed by atoms with Gasteiger partial charge in [-0.15, -0.1) is 0 Å². The van der Waals surface area contributed by atoms with Crippen molar-refractivity contribution in [3.63, 3.8) is 0 Å². The molecule has 0 aliphatic carbocycles. The Kier molecular flexibility index (Phi) is 5.45. The molecule has 0 spiro atoms. The molecule has 3 N–H and O–H groups in total. The number of phenolic OH excluding ortho intramolecular Hbond substituents is 1. The van der Waals surface area contributed by atoms with Crippen LogP contribution in [-0.2, 0) is 14.8 Å². The van der Waals surface area contributed by atoms with Gasteiger partial charge in [0.15, 0.2) is 0 Å². The molecule has 0 aliphatic heterocycles. The van der Waals surface area contributed by atoms with Crippen LogP contribution in [0.15, 0.2) is 64.6 Å². The Morgan fingerprint density at radius 1 is 1.09 bits per heavy atom. The number of benzene rings is 2. The number of nitrogens with zero attached hydrogens (tertiary/aromatic N) is 1. The summed E-state index contributed by atoms with van der Waals surface area (Å²) in [4.78, 5) is 11.7. The van der Waals surface area contributed by atoms with Crippen LogP contribution >= 0.6 is 0 Å². The second-order valence-electron chi connectivity index (χ2n) is 4.49. The molecule has 0 saturated carbocycles. The Morgan fingerprint density at radius 3 is 2.43 bits per heavy atom. The van der Waals surface area contributed by atoms with Gasteiger partial charge in [-0.2, -0.15) is 5.10 Å². The van der Waals surface area contributed by atoms with E-state index < -0.39 is 22.5 Å². The molecule has 0 atom stereocenters. The van der Waals surface area contributed by atoms with Crippen molar-refractivity contribution < 1.29 is 18.3 Å². The van der Waals surface area contributed by atoms with Crippen LogP contribution in [0.5, 0.6) is 5.75 Å². The lowest BCUT2D eigenvalue weighted by atomic mass is 10.2. The molecule has 23 heavy (non-hydrogen) atoms. The Balaban J connectivity index is 1.87. The molecule has 0 fully saturated rings. The van der Waals surface area contributed by atoms with Gasteiger partial charge in [0.25, 0.3) is 5.91 Å². The third-order valence-electron chi connectivity index (χ3n) is 2.81. The highest BCUT2D eigenvalue weighted by Crippen LogP contribution is 2.12. The minimum absolute atomic E-state index is 0.0234. The van der Waals surface area contributed by atoms with Crippen molar-refractivity contribution in [2.45, 2.75) is 4.90 Å². The number of amides is 1. The van der Waals surface area contributed by atoms with Crippen molar-refractivity contribution in [1.82, 2.24) is 10.1 Å². The van der Waals surface area contributed by atoms with E-state index in [0.717, 1.165) is 0 Å². The van der Waals surface area contributed by atoms with E-state index in [1.54, 1.807) is 36.4 Å². The second-order valence-corrected chi connectivity index (χ2v) is 6.26. The van der Waals surface area contributed by atoms with Crippen molar-refractivity contribution >= 4 is 22.1 Å². The fourth-order valence-electron chi connectivity index (χ4n) is 1.65. The first-order valence-corrected chi connectivity index (χ1v) is 8.12. The van der Waals surface area contributed by atoms with E-state index in [1.165, 1.54) is 24.4 Å². The molecule has 2 aromatic carbocycles. The first-order chi connectivity index (χ1) is 11.0. The van der Waals surface area contributed by atoms with Crippen LogP contribution in [0.4, 0.5) is 0 Å². The fourth-order valence-corrected chi connectivity index (χ4v) is 2.66. The molecule has 0 aliphatic rings. The third-order valence-corrected chi connectivity index (χ3v) is 4.22. The summed E-state index contributed by atoms with van der Waals surface area (Å²) in [6.07, 6.45) is 1.26. The van der Waals surface area contributed by atoms with Gasteiger partial charge in [-0.05, 0) is 24.3 Å². The number of hydrogen-bond acceptors (Lipinski definition) is 5. The summed E-state index contributed by atoms with van der Waals surface area (Å²) in [5, 5.41) is 13.2. The maximum absolute atomic E-state index is 11.9. The highest BCUT2D eigenvalue weighted by atomic mass is 32.2. The minimum Gasteiger partial charge on any atom is -0.507 e. The smallest absolute Gasteiger partial charge is 0.255 e. The van der Waals surface area contributed by atoms with E-state index in [4.69, 9.17) is 0 Å². The molecule has 1 amide bonds. The summed E-state index contributed by atoms with van der Waals surface area (Å²) in [7, 11) is -3.74. The molecule has 0 bridgehead atoms. The average Bonchev–Trinajstić information content (AvgIpc) is 2.56. The standard InChI is InChI=1S/C15H15N3O4S/c19-14-9-5-4-6-12(14)10-16-18-15(20)11-17-23(21,22)13-7-2-1-3-8-13/h1-10,17,19H,11H2,(H,18,20)/b16-10+. The zero-order valence-corrected chi connectivity index (χ0v) is 12.8. The van der Waals surface area contributed by atoms with Gasteiger partial charge in [-0.1, -0.05) is 30.3 Å². The molecule has 2 aromatic rings. The van der Waals surface area contributed by atoms with Crippen LogP contribution in [0.1, 0.15) is 5.56 Å². The normalized spacial score (nSPS) is 11.5. The topological polar surface area (TPSA) is 108 Å². The van der Waals surface area contributed by atoms with Crippen LogP contribution in [0.25, 0.3) is 0 Å². The highest BCUT2D eigenvalue weighted by molar-refractivity contribution is 7.89. The number of hydrogen-bond donors (Lipinski definition) is 3. The molecule has 2 rings (SSSR count). The molecular weight excluding hydrogens is 318 g/mol. The molecule has 0 aromatic heterocycles. The predicted molar refractivity (Wildman–Crippen MR) is 85.5 cm³/mol. The summed E-state index contributed by atoms with van der Waals surface area (Å²) in [5.74, 6) is -0.605. The summed E-state index contributed by atoms with van der Waals surface area (Å²) >= 11 is 0. The third kappa shape index (κ3) is 4.90. The number of carbonyl (C=O) groups is 1. The maximum atomic E-state index is 11.9. The SMILES string of the molecule is O=C(CNS(=O)(=O)c1ccccc1)N/N=C/c1ccccc1O. The lowest BCUT2D eigenvalue weighted by Crippen LogP contribution is -2.34. The number of phenols is 1. The van der Waals surface area contributed by atoms with E-state index in [0.29, 0.717) is 5.56 Å². The van der Waals surface area contributed by atoms with Gasteiger partial charge in [0, 0.05) is 5.56 Å². The average molecular weight is 333 g/mol. The second kappa shape index (κ2) is 7.52. The summed E-state index contributed by atoms with van der Waals surface area (Å²) in [6, 6.07) is 14.2. The Morgan fingerprint density at radius 2 is 1.74 bits per heavy atom. The Hall–Kier alpha value is -2.71. The largest absolute Gasteiger partial charge is 0.507 e. The van der Waals surface area contributed by atoms with E-state index in [2.05, 4.69) is 15.2 Å². The zero-order chi connectivity index (χ0) is 16.7. The monoisotopic (exact) mass is 333 g/mol. The quantitative estimate of drug-likeness (QED) is 0.537. The number of nitrogens with one attached hydrogen (secondary N) is 2. The van der Waals surface area contributed by atoms with Crippen molar-refractivity contribution in [1.29, 1.82) is 0 Å². The van der Waals surface area contributed by atoms with Gasteiger partial charge < -0.3 is 5.11 Å². The van der Waals surface area contributed by atoms with E-state index >= 15 is 0 Å². The zero-order valence-electron chi connectivity index (χ0n) is 12.0. The van der Waals surface area contributed by atoms with E-state index in [9.17, 15) is 18.3 Å².